The molecule has 0 bridgehead atoms. The first kappa shape index (κ1) is 18.3. The molecule has 1 amide bonds. The molecule has 0 atom stereocenters. The number of benzene rings is 1. The van der Waals surface area contributed by atoms with Gasteiger partial charge in [0.25, 0.3) is 0 Å². The normalized spacial score (nSPS) is 11.1. The Morgan fingerprint density at radius 3 is 2.22 bits per heavy atom. The van der Waals surface area contributed by atoms with Crippen LogP contribution in [0.5, 0.6) is 0 Å². The van der Waals surface area contributed by atoms with Crippen LogP contribution in [-0.2, 0) is 11.0 Å². The molecule has 0 radical (unpaired) electrons. The Labute approximate surface area is 152 Å². The molecule has 0 aliphatic heterocycles. The van der Waals surface area contributed by atoms with Crippen LogP contribution in [0.25, 0.3) is 22.4 Å². The van der Waals surface area contributed by atoms with E-state index in [0.717, 1.165) is 0 Å². The van der Waals surface area contributed by atoms with E-state index < -0.39 is 17.9 Å². The Kier molecular flexibility index (Phi) is 5.02. The third kappa shape index (κ3) is 4.20. The van der Waals surface area contributed by atoms with Gasteiger partial charge < -0.3 is 0 Å². The molecule has 1 aromatic carbocycles. The number of nitrogens with zero attached hydrogens (tertiary/aromatic N) is 3. The van der Waals surface area contributed by atoms with Crippen LogP contribution >= 0.6 is 0 Å². The van der Waals surface area contributed by atoms with Gasteiger partial charge >= 0.3 is 6.18 Å². The van der Waals surface area contributed by atoms with E-state index in [2.05, 4.69) is 25.8 Å². The van der Waals surface area contributed by atoms with Gasteiger partial charge in [-0.05, 0) is 17.7 Å². The molecule has 6 nitrogen and oxygen atoms in total. The van der Waals surface area contributed by atoms with Crippen LogP contribution in [0.4, 0.5) is 19.0 Å². The van der Waals surface area contributed by atoms with Crippen molar-refractivity contribution in [2.75, 3.05) is 5.43 Å². The van der Waals surface area contributed by atoms with E-state index in [1.807, 2.05) is 0 Å². The molecule has 2 N–H and O–H groups in total. The van der Waals surface area contributed by atoms with Gasteiger partial charge in [0.1, 0.15) is 0 Å². The summed E-state index contributed by atoms with van der Waals surface area (Å²) in [4.78, 5) is 22.5. The van der Waals surface area contributed by atoms with Crippen molar-refractivity contribution in [3.8, 4) is 22.4 Å². The fourth-order valence-corrected chi connectivity index (χ4v) is 2.42. The first-order valence-electron chi connectivity index (χ1n) is 7.84. The van der Waals surface area contributed by atoms with Gasteiger partial charge in [-0.25, -0.2) is 9.97 Å². The van der Waals surface area contributed by atoms with Gasteiger partial charge in [-0.3, -0.25) is 20.6 Å². The van der Waals surface area contributed by atoms with Gasteiger partial charge in [0.2, 0.25) is 11.7 Å². The van der Waals surface area contributed by atoms with Crippen LogP contribution in [-0.4, -0.2) is 20.9 Å². The van der Waals surface area contributed by atoms with Crippen LogP contribution in [0.1, 0.15) is 12.7 Å². The Morgan fingerprint density at radius 1 is 0.963 bits per heavy atom. The molecule has 2 aromatic heterocycles. The van der Waals surface area contributed by atoms with Gasteiger partial charge in [0.05, 0.1) is 11.3 Å². The standard InChI is InChI=1S/C18H14F3N5O/c1-11(27)25-26-16-14(12-5-3-2-4-6-12)15(13-7-9-22-10-8-13)23-17(24-16)18(19,20)21/h2-10H,1H3,(H,25,27)(H,23,24,26). The molecule has 0 spiro atoms. The summed E-state index contributed by atoms with van der Waals surface area (Å²) in [6.45, 7) is 1.23. The molecule has 2 heterocycles. The van der Waals surface area contributed by atoms with E-state index in [0.29, 0.717) is 16.7 Å². The first-order valence-corrected chi connectivity index (χ1v) is 7.84. The van der Waals surface area contributed by atoms with Crippen molar-refractivity contribution in [2.24, 2.45) is 0 Å². The summed E-state index contributed by atoms with van der Waals surface area (Å²) in [6.07, 6.45) is -1.84. The van der Waals surface area contributed by atoms with E-state index in [1.54, 1.807) is 42.5 Å². The zero-order valence-electron chi connectivity index (χ0n) is 14.1. The number of aromatic nitrogens is 3. The molecule has 0 saturated carbocycles. The summed E-state index contributed by atoms with van der Waals surface area (Å²) < 4.78 is 40.0. The summed E-state index contributed by atoms with van der Waals surface area (Å²) in [5, 5.41) is 0. The van der Waals surface area contributed by atoms with Crippen molar-refractivity contribution < 1.29 is 18.0 Å². The highest BCUT2D eigenvalue weighted by atomic mass is 19.4. The second-order valence-corrected chi connectivity index (χ2v) is 5.53. The Bertz CT molecular complexity index is 946. The van der Waals surface area contributed by atoms with E-state index >= 15 is 0 Å². The summed E-state index contributed by atoms with van der Waals surface area (Å²) in [5.74, 6) is -1.96. The Morgan fingerprint density at radius 2 is 1.63 bits per heavy atom. The Hall–Kier alpha value is -3.49. The molecule has 138 valence electrons. The summed E-state index contributed by atoms with van der Waals surface area (Å²) in [6, 6.07) is 11.8. The highest BCUT2D eigenvalue weighted by Crippen LogP contribution is 2.38. The quantitative estimate of drug-likeness (QED) is 0.682. The second-order valence-electron chi connectivity index (χ2n) is 5.53. The third-order valence-corrected chi connectivity index (χ3v) is 3.54. The number of nitrogens with one attached hydrogen (secondary N) is 2. The van der Waals surface area contributed by atoms with E-state index in [9.17, 15) is 18.0 Å². The van der Waals surface area contributed by atoms with E-state index in [-0.39, 0.29) is 11.5 Å². The number of halogens is 3. The number of carbonyl (C=O) groups is 1. The number of alkyl halides is 3. The maximum Gasteiger partial charge on any atom is 0.451 e. The minimum absolute atomic E-state index is 0.0683. The van der Waals surface area contributed by atoms with Gasteiger partial charge in [-0.2, -0.15) is 13.2 Å². The minimum Gasteiger partial charge on any atom is -0.281 e. The number of anilines is 1. The molecular weight excluding hydrogens is 359 g/mol. The average Bonchev–Trinajstić information content (AvgIpc) is 2.66. The lowest BCUT2D eigenvalue weighted by Crippen LogP contribution is -2.28. The van der Waals surface area contributed by atoms with E-state index in [1.165, 1.54) is 19.3 Å². The zero-order chi connectivity index (χ0) is 19.4. The van der Waals surface area contributed by atoms with Crippen LogP contribution in [0.15, 0.2) is 54.9 Å². The van der Waals surface area contributed by atoms with Gasteiger partial charge in [-0.15, -0.1) is 0 Å². The van der Waals surface area contributed by atoms with Crippen molar-refractivity contribution in [1.29, 1.82) is 0 Å². The second kappa shape index (κ2) is 7.40. The molecule has 0 aliphatic carbocycles. The van der Waals surface area contributed by atoms with Crippen molar-refractivity contribution >= 4 is 11.7 Å². The summed E-state index contributed by atoms with van der Waals surface area (Å²) >= 11 is 0. The highest BCUT2D eigenvalue weighted by molar-refractivity contribution is 5.88. The average molecular weight is 373 g/mol. The fraction of sp³-hybridized carbons (Fsp3) is 0.111. The number of amides is 1. The molecule has 3 aromatic rings. The number of pyridine rings is 1. The number of hydrazine groups is 1. The topological polar surface area (TPSA) is 79.8 Å². The van der Waals surface area contributed by atoms with Crippen molar-refractivity contribution in [2.45, 2.75) is 13.1 Å². The number of rotatable bonds is 4. The third-order valence-electron chi connectivity index (χ3n) is 3.54. The number of hydrogen-bond donors (Lipinski definition) is 2. The molecule has 0 unspecified atom stereocenters. The first-order chi connectivity index (χ1) is 12.9. The van der Waals surface area contributed by atoms with Crippen LogP contribution in [0, 0.1) is 0 Å². The molecular formula is C18H14F3N5O. The molecule has 0 saturated heterocycles. The largest absolute Gasteiger partial charge is 0.451 e. The predicted octanol–water partition coefficient (Wildman–Crippen LogP) is 3.69. The van der Waals surface area contributed by atoms with Crippen molar-refractivity contribution in [1.82, 2.24) is 20.4 Å². The number of hydrogen-bond acceptors (Lipinski definition) is 5. The predicted molar refractivity (Wildman–Crippen MR) is 93.1 cm³/mol. The number of carbonyl (C=O) groups excluding carboxylic acids is 1. The maximum atomic E-state index is 13.3. The van der Waals surface area contributed by atoms with Gasteiger partial charge in [0, 0.05) is 24.9 Å². The molecule has 9 heteroatoms. The summed E-state index contributed by atoms with van der Waals surface area (Å²) in [5.41, 5.74) is 6.15. The lowest BCUT2D eigenvalue weighted by molar-refractivity contribution is -0.144. The SMILES string of the molecule is CC(=O)NNc1nc(C(F)(F)F)nc(-c2ccncc2)c1-c1ccccc1. The minimum atomic E-state index is -4.76. The van der Waals surface area contributed by atoms with Crippen LogP contribution < -0.4 is 10.9 Å². The zero-order valence-corrected chi connectivity index (χ0v) is 14.1. The fourth-order valence-electron chi connectivity index (χ4n) is 2.42. The molecule has 3 rings (SSSR count). The van der Waals surface area contributed by atoms with E-state index in [4.69, 9.17) is 0 Å². The van der Waals surface area contributed by atoms with Crippen LogP contribution in [0.3, 0.4) is 0 Å². The monoisotopic (exact) mass is 373 g/mol. The summed E-state index contributed by atoms with van der Waals surface area (Å²) in [7, 11) is 0. The molecule has 27 heavy (non-hydrogen) atoms. The van der Waals surface area contributed by atoms with Crippen molar-refractivity contribution in [3.05, 3.63) is 60.7 Å². The molecule has 0 fully saturated rings. The van der Waals surface area contributed by atoms with Gasteiger partial charge in [0.15, 0.2) is 5.82 Å². The van der Waals surface area contributed by atoms with Gasteiger partial charge in [-0.1, -0.05) is 30.3 Å². The van der Waals surface area contributed by atoms with Crippen molar-refractivity contribution in [3.63, 3.8) is 0 Å². The molecule has 0 aliphatic rings. The Balaban J connectivity index is 2.30. The van der Waals surface area contributed by atoms with Crippen LogP contribution in [0.2, 0.25) is 0 Å². The maximum absolute atomic E-state index is 13.3. The lowest BCUT2D eigenvalue weighted by Gasteiger charge is -2.18. The lowest BCUT2D eigenvalue weighted by atomic mass is 10.00. The smallest absolute Gasteiger partial charge is 0.281 e. The highest BCUT2D eigenvalue weighted by Gasteiger charge is 2.36.